The zero-order valence-electron chi connectivity index (χ0n) is 23.2. The van der Waals surface area contributed by atoms with E-state index in [1.165, 1.54) is 47.9 Å². The number of rotatable bonds is 8. The van der Waals surface area contributed by atoms with Crippen LogP contribution in [-0.2, 0) is 12.7 Å². The Morgan fingerprint density at radius 2 is 1.63 bits per heavy atom. The molecule has 43 heavy (non-hydrogen) atoms. The van der Waals surface area contributed by atoms with Gasteiger partial charge in [0.15, 0.2) is 0 Å². The zero-order valence-corrected chi connectivity index (χ0v) is 24.8. The van der Waals surface area contributed by atoms with Crippen LogP contribution < -0.4 is 10.6 Å². The first-order valence-electron chi connectivity index (χ1n) is 13.7. The van der Waals surface area contributed by atoms with Gasteiger partial charge >= 0.3 is 6.18 Å². The van der Waals surface area contributed by atoms with E-state index in [1.807, 2.05) is 22.4 Å². The molecule has 0 aliphatic carbocycles. The van der Waals surface area contributed by atoms with Crippen molar-refractivity contribution in [3.05, 3.63) is 99.6 Å². The molecular weight excluding hydrogens is 599 g/mol. The second-order valence-electron chi connectivity index (χ2n) is 10.2. The molecule has 12 heteroatoms. The monoisotopic (exact) mass is 627 g/mol. The molecule has 2 aromatic carbocycles. The van der Waals surface area contributed by atoms with Crippen LogP contribution in [0.4, 0.5) is 24.5 Å². The topological polar surface area (TPSA) is 77.6 Å². The highest BCUT2D eigenvalue weighted by atomic mass is 35.5. The molecule has 0 saturated carbocycles. The minimum Gasteiger partial charge on any atom is -0.322 e. The van der Waals surface area contributed by atoms with E-state index in [0.29, 0.717) is 18.7 Å². The number of carbonyl (C=O) groups excluding carboxylic acids is 2. The van der Waals surface area contributed by atoms with Gasteiger partial charge in [-0.15, -0.1) is 11.3 Å². The van der Waals surface area contributed by atoms with E-state index >= 15 is 0 Å². The van der Waals surface area contributed by atoms with E-state index in [1.54, 1.807) is 12.3 Å². The van der Waals surface area contributed by atoms with Crippen LogP contribution in [0.2, 0.25) is 5.02 Å². The number of aromatic nitrogens is 1. The number of likely N-dealkylation sites (N-methyl/N-ethyl adjacent to an activating group) is 1. The predicted octanol–water partition coefficient (Wildman–Crippen LogP) is 7.12. The number of hydrogen-bond acceptors (Lipinski definition) is 6. The number of pyridine rings is 1. The third-order valence-corrected chi connectivity index (χ3v) is 8.34. The molecule has 7 nitrogen and oxygen atoms in total. The molecule has 1 aliphatic rings. The number of nitrogens with one attached hydrogen (secondary N) is 2. The average Bonchev–Trinajstić information content (AvgIpc) is 3.53. The summed E-state index contributed by atoms with van der Waals surface area (Å²) in [6.45, 7) is 6.15. The largest absolute Gasteiger partial charge is 0.416 e. The molecular formula is C31H29ClF3N5O2S. The van der Waals surface area contributed by atoms with Gasteiger partial charge in [-0.3, -0.25) is 19.5 Å². The lowest BCUT2D eigenvalue weighted by molar-refractivity contribution is -0.138. The molecule has 2 amide bonds. The molecule has 0 spiro atoms. The van der Waals surface area contributed by atoms with Crippen molar-refractivity contribution in [3.8, 4) is 10.4 Å². The molecule has 4 aromatic rings. The summed E-state index contributed by atoms with van der Waals surface area (Å²) in [4.78, 5) is 35.4. The quantitative estimate of drug-likeness (QED) is 0.217. The van der Waals surface area contributed by atoms with Crippen molar-refractivity contribution in [2.75, 3.05) is 43.4 Å². The average molecular weight is 628 g/mol. The lowest BCUT2D eigenvalue weighted by atomic mass is 10.0. The van der Waals surface area contributed by atoms with Gasteiger partial charge in [0.2, 0.25) is 0 Å². The number of nitrogens with zero attached hydrogens (tertiary/aromatic N) is 3. The Morgan fingerprint density at radius 3 is 2.33 bits per heavy atom. The minimum atomic E-state index is -4.59. The summed E-state index contributed by atoms with van der Waals surface area (Å²) in [7, 11) is 0. The van der Waals surface area contributed by atoms with Crippen LogP contribution in [0.3, 0.4) is 0 Å². The van der Waals surface area contributed by atoms with Crippen LogP contribution in [0.5, 0.6) is 0 Å². The molecule has 5 rings (SSSR count). The first-order chi connectivity index (χ1) is 20.6. The van der Waals surface area contributed by atoms with Crippen molar-refractivity contribution < 1.29 is 22.8 Å². The van der Waals surface area contributed by atoms with Gasteiger partial charge in [-0.1, -0.05) is 30.7 Å². The fraction of sp³-hybridized carbons (Fsp3) is 0.258. The molecule has 224 valence electrons. The van der Waals surface area contributed by atoms with E-state index in [4.69, 9.17) is 11.6 Å². The van der Waals surface area contributed by atoms with E-state index in [2.05, 4.69) is 27.4 Å². The smallest absolute Gasteiger partial charge is 0.322 e. The first-order valence-corrected chi connectivity index (χ1v) is 14.9. The maximum absolute atomic E-state index is 14.0. The Bertz CT molecular complexity index is 1610. The normalized spacial score (nSPS) is 14.4. The maximum atomic E-state index is 14.0. The third-order valence-electron chi connectivity index (χ3n) is 7.20. The Balaban J connectivity index is 1.29. The molecule has 0 unspecified atom stereocenters. The van der Waals surface area contributed by atoms with Crippen molar-refractivity contribution in [1.82, 2.24) is 14.8 Å². The van der Waals surface area contributed by atoms with E-state index in [9.17, 15) is 22.8 Å². The molecule has 3 heterocycles. The lowest BCUT2D eigenvalue weighted by Gasteiger charge is -2.34. The van der Waals surface area contributed by atoms with Crippen LogP contribution in [0.1, 0.15) is 38.8 Å². The first kappa shape index (κ1) is 30.7. The number of halogens is 4. The molecule has 0 radical (unpaired) electrons. The van der Waals surface area contributed by atoms with Crippen LogP contribution in [0.15, 0.2) is 72.4 Å². The van der Waals surface area contributed by atoms with Gasteiger partial charge in [-0.25, -0.2) is 0 Å². The van der Waals surface area contributed by atoms with Crippen LogP contribution >= 0.6 is 22.9 Å². The molecule has 2 aromatic heterocycles. The number of amides is 2. The Morgan fingerprint density at radius 1 is 0.907 bits per heavy atom. The van der Waals surface area contributed by atoms with Gasteiger partial charge in [0, 0.05) is 77.5 Å². The fourth-order valence-electron chi connectivity index (χ4n) is 4.90. The van der Waals surface area contributed by atoms with E-state index in [0.717, 1.165) is 36.1 Å². The van der Waals surface area contributed by atoms with Crippen LogP contribution in [-0.4, -0.2) is 59.3 Å². The van der Waals surface area contributed by atoms with Gasteiger partial charge < -0.3 is 15.5 Å². The van der Waals surface area contributed by atoms with Crippen molar-refractivity contribution in [1.29, 1.82) is 0 Å². The van der Waals surface area contributed by atoms with Gasteiger partial charge in [0.25, 0.3) is 11.8 Å². The highest BCUT2D eigenvalue weighted by Crippen LogP contribution is 2.35. The molecule has 1 fully saturated rings. The highest BCUT2D eigenvalue weighted by Gasteiger charge is 2.34. The summed E-state index contributed by atoms with van der Waals surface area (Å²) in [6, 6.07) is 13.6. The zero-order chi connectivity index (χ0) is 30.6. The second-order valence-corrected chi connectivity index (χ2v) is 11.5. The van der Waals surface area contributed by atoms with Gasteiger partial charge in [-0.05, 0) is 60.0 Å². The summed E-state index contributed by atoms with van der Waals surface area (Å²) < 4.78 is 42.1. The van der Waals surface area contributed by atoms with Crippen molar-refractivity contribution in [3.63, 3.8) is 0 Å². The standard InChI is InChI=1S/C31H29ClF3N5O2S/c1-2-39-7-9-40(10-8-39)19-20-5-6-25(16-27(20)31(33,34)35)37-29(41)21-13-24(32)15-26(14-21)38-30(42)23-12-22(17-36-18-23)28-4-3-11-43-28/h3-6,11-18H,2,7-10,19H2,1H3,(H,37,41)(H,38,42). The highest BCUT2D eigenvalue weighted by molar-refractivity contribution is 7.13. The Hall–Kier alpha value is -3.77. The summed E-state index contributed by atoms with van der Waals surface area (Å²) in [5.41, 5.74) is 0.778. The minimum absolute atomic E-state index is 0.00101. The molecule has 1 saturated heterocycles. The van der Waals surface area contributed by atoms with Gasteiger partial charge in [-0.2, -0.15) is 13.2 Å². The van der Waals surface area contributed by atoms with E-state index in [-0.39, 0.29) is 34.1 Å². The van der Waals surface area contributed by atoms with Crippen molar-refractivity contribution in [2.24, 2.45) is 0 Å². The fourth-order valence-corrected chi connectivity index (χ4v) is 5.85. The molecule has 2 N–H and O–H groups in total. The molecule has 0 atom stereocenters. The Labute approximate surface area is 256 Å². The SMILES string of the molecule is CCN1CCN(Cc2ccc(NC(=O)c3cc(Cl)cc(NC(=O)c4cncc(-c5cccs5)c4)c3)cc2C(F)(F)F)CC1. The number of thiophene rings is 1. The summed E-state index contributed by atoms with van der Waals surface area (Å²) in [5, 5.41) is 7.35. The lowest BCUT2D eigenvalue weighted by Crippen LogP contribution is -2.45. The summed E-state index contributed by atoms with van der Waals surface area (Å²) in [5.74, 6) is -1.13. The van der Waals surface area contributed by atoms with Gasteiger partial charge in [0.1, 0.15) is 0 Å². The number of piperazine rings is 1. The summed E-state index contributed by atoms with van der Waals surface area (Å²) >= 11 is 7.76. The third kappa shape index (κ3) is 7.80. The number of benzene rings is 2. The second kappa shape index (κ2) is 13.3. The Kier molecular flexibility index (Phi) is 9.46. The van der Waals surface area contributed by atoms with Crippen molar-refractivity contribution >= 4 is 46.1 Å². The molecule has 0 bridgehead atoms. The van der Waals surface area contributed by atoms with E-state index < -0.39 is 23.6 Å². The molecule has 1 aliphatic heterocycles. The predicted molar refractivity (Wildman–Crippen MR) is 164 cm³/mol. The number of anilines is 2. The maximum Gasteiger partial charge on any atom is 0.416 e. The van der Waals surface area contributed by atoms with Crippen molar-refractivity contribution in [2.45, 2.75) is 19.6 Å². The number of carbonyl (C=O) groups is 2. The number of hydrogen-bond donors (Lipinski definition) is 2. The summed E-state index contributed by atoms with van der Waals surface area (Å²) in [6.07, 6.45) is -1.50. The van der Waals surface area contributed by atoms with Crippen LogP contribution in [0, 0.1) is 0 Å². The van der Waals surface area contributed by atoms with Crippen LogP contribution in [0.25, 0.3) is 10.4 Å². The number of alkyl halides is 3. The van der Waals surface area contributed by atoms with Gasteiger partial charge in [0.05, 0.1) is 11.1 Å².